The van der Waals surface area contributed by atoms with E-state index in [0.29, 0.717) is 30.0 Å². The molecule has 0 bridgehead atoms. The third-order valence-corrected chi connectivity index (χ3v) is 3.56. The molecule has 0 unspecified atom stereocenters. The zero-order valence-electron chi connectivity index (χ0n) is 11.0. The predicted molar refractivity (Wildman–Crippen MR) is 79.3 cm³/mol. The van der Waals surface area contributed by atoms with E-state index in [1.54, 1.807) is 18.2 Å². The van der Waals surface area contributed by atoms with E-state index in [4.69, 9.17) is 22.1 Å². The zero-order valence-corrected chi connectivity index (χ0v) is 11.7. The monoisotopic (exact) mass is 306 g/mol. The number of halogens is 2. The van der Waals surface area contributed by atoms with Crippen LogP contribution in [0.3, 0.4) is 0 Å². The Kier molecular flexibility index (Phi) is 3.43. The Morgan fingerprint density at radius 1 is 1.24 bits per heavy atom. The number of aryl methyl sites for hydroxylation is 1. The number of nitrogens with one attached hydrogen (secondary N) is 1. The van der Waals surface area contributed by atoms with Crippen LogP contribution in [-0.2, 0) is 11.2 Å². The number of nitrogens with two attached hydrogens (primary N) is 1. The van der Waals surface area contributed by atoms with E-state index in [-0.39, 0.29) is 16.7 Å². The Morgan fingerprint density at radius 3 is 2.81 bits per heavy atom. The molecule has 1 aliphatic heterocycles. The van der Waals surface area contributed by atoms with Gasteiger partial charge in [0.05, 0.1) is 10.7 Å². The molecule has 0 spiro atoms. The third kappa shape index (κ3) is 2.78. The Balaban J connectivity index is 1.93. The summed E-state index contributed by atoms with van der Waals surface area (Å²) in [7, 11) is 0. The van der Waals surface area contributed by atoms with Crippen molar-refractivity contribution in [2.24, 2.45) is 0 Å². The van der Waals surface area contributed by atoms with Gasteiger partial charge in [0.2, 0.25) is 5.91 Å². The van der Waals surface area contributed by atoms with E-state index in [0.717, 1.165) is 5.56 Å². The molecular formula is C15H12ClFN2O2. The topological polar surface area (TPSA) is 64.3 Å². The van der Waals surface area contributed by atoms with Crippen LogP contribution in [0.4, 0.5) is 15.8 Å². The van der Waals surface area contributed by atoms with Gasteiger partial charge in [-0.15, -0.1) is 0 Å². The van der Waals surface area contributed by atoms with Crippen molar-refractivity contribution >= 4 is 28.9 Å². The molecule has 3 rings (SSSR count). The van der Waals surface area contributed by atoms with Crippen molar-refractivity contribution in [1.82, 2.24) is 0 Å². The molecule has 108 valence electrons. The van der Waals surface area contributed by atoms with Gasteiger partial charge in [0.25, 0.3) is 0 Å². The molecular weight excluding hydrogens is 295 g/mol. The van der Waals surface area contributed by atoms with Gasteiger partial charge in [0, 0.05) is 24.2 Å². The molecule has 1 aliphatic rings. The number of benzene rings is 2. The van der Waals surface area contributed by atoms with Gasteiger partial charge >= 0.3 is 0 Å². The summed E-state index contributed by atoms with van der Waals surface area (Å²) in [6.45, 7) is 0. The van der Waals surface area contributed by atoms with Gasteiger partial charge in [-0.05, 0) is 30.2 Å². The van der Waals surface area contributed by atoms with Crippen LogP contribution in [0.2, 0.25) is 5.02 Å². The number of fused-ring (bicyclic) bond motifs is 1. The molecule has 1 amide bonds. The molecule has 0 saturated carbocycles. The largest absolute Gasteiger partial charge is 0.455 e. The van der Waals surface area contributed by atoms with Crippen molar-refractivity contribution in [1.29, 1.82) is 0 Å². The van der Waals surface area contributed by atoms with Crippen molar-refractivity contribution in [3.8, 4) is 11.5 Å². The van der Waals surface area contributed by atoms with Crippen molar-refractivity contribution in [2.45, 2.75) is 12.8 Å². The van der Waals surface area contributed by atoms with Crippen LogP contribution < -0.4 is 15.8 Å². The Labute approximate surface area is 125 Å². The number of nitrogen functional groups attached to an aromatic ring is 1. The van der Waals surface area contributed by atoms with E-state index in [9.17, 15) is 9.18 Å². The summed E-state index contributed by atoms with van der Waals surface area (Å²) >= 11 is 5.62. The molecule has 0 aliphatic carbocycles. The summed E-state index contributed by atoms with van der Waals surface area (Å²) in [6, 6.07) is 7.54. The lowest BCUT2D eigenvalue weighted by Crippen LogP contribution is -2.19. The van der Waals surface area contributed by atoms with Crippen LogP contribution in [-0.4, -0.2) is 5.91 Å². The zero-order chi connectivity index (χ0) is 15.0. The molecule has 0 saturated heterocycles. The Bertz CT molecular complexity index is 734. The summed E-state index contributed by atoms with van der Waals surface area (Å²) in [5.74, 6) is 0.0260. The predicted octanol–water partition coefficient (Wildman–Crippen LogP) is 3.74. The second-order valence-electron chi connectivity index (χ2n) is 4.77. The highest BCUT2D eigenvalue weighted by atomic mass is 35.5. The highest BCUT2D eigenvalue weighted by Crippen LogP contribution is 2.35. The van der Waals surface area contributed by atoms with Crippen molar-refractivity contribution in [3.05, 3.63) is 46.7 Å². The molecule has 21 heavy (non-hydrogen) atoms. The number of hydrogen-bond donors (Lipinski definition) is 2. The maximum atomic E-state index is 13.4. The van der Waals surface area contributed by atoms with Gasteiger partial charge in [-0.3, -0.25) is 4.79 Å². The van der Waals surface area contributed by atoms with Crippen molar-refractivity contribution in [2.75, 3.05) is 11.1 Å². The van der Waals surface area contributed by atoms with Gasteiger partial charge in [0.15, 0.2) is 5.75 Å². The average molecular weight is 307 g/mol. The molecule has 2 aromatic rings. The Hall–Kier alpha value is -2.27. The van der Waals surface area contributed by atoms with Gasteiger partial charge in [-0.2, -0.15) is 0 Å². The number of carbonyl (C=O) groups excluding carboxylic acids is 1. The summed E-state index contributed by atoms with van der Waals surface area (Å²) < 4.78 is 19.0. The number of amides is 1. The molecule has 1 heterocycles. The second kappa shape index (κ2) is 5.26. The smallest absolute Gasteiger partial charge is 0.224 e. The number of carbonyl (C=O) groups is 1. The normalized spacial score (nSPS) is 13.5. The summed E-state index contributed by atoms with van der Waals surface area (Å²) in [5.41, 5.74) is 8.00. The summed E-state index contributed by atoms with van der Waals surface area (Å²) in [4.78, 5) is 11.4. The van der Waals surface area contributed by atoms with Crippen LogP contribution in [0.1, 0.15) is 12.0 Å². The van der Waals surface area contributed by atoms with E-state index in [2.05, 4.69) is 5.32 Å². The maximum absolute atomic E-state index is 13.4. The van der Waals surface area contributed by atoms with E-state index in [1.165, 1.54) is 12.1 Å². The molecule has 6 heteroatoms. The molecule has 0 radical (unpaired) electrons. The number of anilines is 2. The number of rotatable bonds is 2. The van der Waals surface area contributed by atoms with Crippen LogP contribution >= 0.6 is 11.6 Å². The summed E-state index contributed by atoms with van der Waals surface area (Å²) in [6.07, 6.45) is 1.08. The van der Waals surface area contributed by atoms with E-state index >= 15 is 0 Å². The summed E-state index contributed by atoms with van der Waals surface area (Å²) in [5, 5.41) is 2.79. The van der Waals surface area contributed by atoms with Crippen LogP contribution in [0.15, 0.2) is 30.3 Å². The second-order valence-corrected chi connectivity index (χ2v) is 5.18. The molecule has 3 N–H and O–H groups in total. The quantitative estimate of drug-likeness (QED) is 0.831. The molecule has 2 aromatic carbocycles. The minimum atomic E-state index is -0.570. The van der Waals surface area contributed by atoms with E-state index in [1.807, 2.05) is 0 Å². The first-order valence-electron chi connectivity index (χ1n) is 6.38. The van der Waals surface area contributed by atoms with Gasteiger partial charge in [-0.25, -0.2) is 4.39 Å². The highest BCUT2D eigenvalue weighted by Gasteiger charge is 2.17. The van der Waals surface area contributed by atoms with Crippen LogP contribution in [0.5, 0.6) is 11.5 Å². The molecule has 0 fully saturated rings. The minimum absolute atomic E-state index is 0.0213. The van der Waals surface area contributed by atoms with Crippen molar-refractivity contribution in [3.63, 3.8) is 0 Å². The molecule has 0 atom stereocenters. The van der Waals surface area contributed by atoms with Gasteiger partial charge < -0.3 is 15.8 Å². The first-order chi connectivity index (χ1) is 10.0. The first-order valence-corrected chi connectivity index (χ1v) is 6.76. The number of hydrogen-bond acceptors (Lipinski definition) is 3. The first kappa shape index (κ1) is 13.7. The van der Waals surface area contributed by atoms with Crippen LogP contribution in [0.25, 0.3) is 0 Å². The van der Waals surface area contributed by atoms with Gasteiger partial charge in [0.1, 0.15) is 11.6 Å². The lowest BCUT2D eigenvalue weighted by atomic mass is 10.0. The SMILES string of the molecule is Nc1cc2c(cc1Oc1ccc(Cl)c(F)c1)NC(=O)CC2. The standard InChI is InChI=1S/C15H12ClFN2O2/c16-10-3-2-9(6-11(10)17)21-14-7-13-8(5-12(14)18)1-4-15(20)19-13/h2-3,5-7H,1,4,18H2,(H,19,20). The van der Waals surface area contributed by atoms with Crippen molar-refractivity contribution < 1.29 is 13.9 Å². The van der Waals surface area contributed by atoms with Gasteiger partial charge in [-0.1, -0.05) is 11.6 Å². The highest BCUT2D eigenvalue weighted by molar-refractivity contribution is 6.30. The maximum Gasteiger partial charge on any atom is 0.224 e. The molecule has 4 nitrogen and oxygen atoms in total. The lowest BCUT2D eigenvalue weighted by molar-refractivity contribution is -0.116. The average Bonchev–Trinajstić information content (AvgIpc) is 2.44. The lowest BCUT2D eigenvalue weighted by Gasteiger charge is -2.19. The van der Waals surface area contributed by atoms with Crippen LogP contribution in [0, 0.1) is 5.82 Å². The molecule has 0 aromatic heterocycles. The fraction of sp³-hybridized carbons (Fsp3) is 0.133. The Morgan fingerprint density at radius 2 is 2.05 bits per heavy atom. The van der Waals surface area contributed by atoms with E-state index < -0.39 is 5.82 Å². The third-order valence-electron chi connectivity index (χ3n) is 3.25. The number of ether oxygens (including phenoxy) is 1. The fourth-order valence-corrected chi connectivity index (χ4v) is 2.30. The minimum Gasteiger partial charge on any atom is -0.455 e. The fourth-order valence-electron chi connectivity index (χ4n) is 2.18.